The van der Waals surface area contributed by atoms with Crippen LogP contribution in [0.5, 0.6) is 0 Å². The fourth-order valence-electron chi connectivity index (χ4n) is 6.72. The predicted octanol–water partition coefficient (Wildman–Crippen LogP) is 10.6. The van der Waals surface area contributed by atoms with Gasteiger partial charge in [-0.15, -0.1) is 0 Å². The van der Waals surface area contributed by atoms with Crippen LogP contribution in [-0.2, 0) is 40.0 Å². The van der Waals surface area contributed by atoms with Crippen molar-refractivity contribution >= 4 is 12.1 Å². The first-order valence-corrected chi connectivity index (χ1v) is 18.7. The second-order valence-corrected chi connectivity index (χ2v) is 18.8. The molecule has 0 radical (unpaired) electrons. The zero-order valence-electron chi connectivity index (χ0n) is 28.2. The molecule has 0 atom stereocenters. The Morgan fingerprint density at radius 2 is 1.25 bits per heavy atom. The Balaban J connectivity index is 1.71. The van der Waals surface area contributed by atoms with E-state index in [1.165, 1.54) is 50.1 Å². The fraction of sp³-hybridized carbons (Fsp3) is 0.326. The maximum absolute atomic E-state index is 2.60. The predicted molar refractivity (Wildman–Crippen MR) is 188 cm³/mol. The second kappa shape index (κ2) is 11.5. The van der Waals surface area contributed by atoms with Gasteiger partial charge in [-0.05, 0) is 0 Å². The van der Waals surface area contributed by atoms with Crippen LogP contribution in [0, 0.1) is 5.41 Å². The average Bonchev–Trinajstić information content (AvgIpc) is 3.61. The van der Waals surface area contributed by atoms with Gasteiger partial charge >= 0.3 is 279 Å². The van der Waals surface area contributed by atoms with Crippen molar-refractivity contribution in [3.05, 3.63) is 142 Å². The van der Waals surface area contributed by atoms with Gasteiger partial charge in [0.1, 0.15) is 0 Å². The first-order valence-electron chi connectivity index (χ1n) is 16.2. The molecule has 0 heterocycles. The van der Waals surface area contributed by atoms with Gasteiger partial charge in [0.25, 0.3) is 0 Å². The van der Waals surface area contributed by atoms with E-state index in [9.17, 15) is 0 Å². The molecule has 0 aromatic heterocycles. The van der Waals surface area contributed by atoms with Crippen LogP contribution < -0.4 is 3.27 Å². The maximum atomic E-state index is 2.60. The Morgan fingerprint density at radius 1 is 0.636 bits per heavy atom. The van der Waals surface area contributed by atoms with Crippen LogP contribution in [0.3, 0.4) is 0 Å². The van der Waals surface area contributed by atoms with Crippen LogP contribution in [-0.4, -0.2) is 3.21 Å². The molecule has 0 amide bonds. The third-order valence-corrected chi connectivity index (χ3v) is 13.3. The van der Waals surface area contributed by atoms with Crippen molar-refractivity contribution in [2.24, 2.45) is 5.41 Å². The molecule has 0 spiro atoms. The normalized spacial score (nSPS) is 14.5. The fourth-order valence-corrected chi connectivity index (χ4v) is 10.8. The molecule has 0 nitrogen and oxygen atoms in total. The van der Waals surface area contributed by atoms with Crippen molar-refractivity contribution in [3.8, 4) is 11.1 Å². The molecule has 6 rings (SSSR count). The van der Waals surface area contributed by atoms with Crippen molar-refractivity contribution < 1.29 is 22.8 Å². The monoisotopic (exact) mass is 653 g/mol. The minimum absolute atomic E-state index is 0.0217. The van der Waals surface area contributed by atoms with Crippen LogP contribution >= 0.6 is 0 Å². The van der Waals surface area contributed by atoms with E-state index in [-0.39, 0.29) is 16.2 Å². The van der Waals surface area contributed by atoms with Crippen molar-refractivity contribution in [1.29, 1.82) is 0 Å². The summed E-state index contributed by atoms with van der Waals surface area (Å²) < 4.78 is 3.25. The van der Waals surface area contributed by atoms with Gasteiger partial charge in [-0.25, -0.2) is 0 Å². The van der Waals surface area contributed by atoms with Crippen molar-refractivity contribution in [1.82, 2.24) is 0 Å². The van der Waals surface area contributed by atoms with Gasteiger partial charge in [0, 0.05) is 0 Å². The molecule has 0 aliphatic heterocycles. The summed E-state index contributed by atoms with van der Waals surface area (Å²) >= 11 is -1.31. The number of fused-ring (bicyclic) bond motifs is 3. The van der Waals surface area contributed by atoms with Gasteiger partial charge in [0.2, 0.25) is 0 Å². The zero-order chi connectivity index (χ0) is 31.4. The molecule has 0 bridgehead atoms. The molecule has 0 saturated carbocycles. The molecule has 1 heteroatoms. The summed E-state index contributed by atoms with van der Waals surface area (Å²) in [7, 11) is 0. The third-order valence-electron chi connectivity index (χ3n) is 9.31. The van der Waals surface area contributed by atoms with Crippen LogP contribution in [0.15, 0.2) is 103 Å². The van der Waals surface area contributed by atoms with Crippen molar-refractivity contribution in [2.45, 2.75) is 86.0 Å². The van der Waals surface area contributed by atoms with E-state index in [1.54, 1.807) is 17.6 Å². The standard InChI is InChI=1S/C30H37.C13H10.Zr/c1-28(2,3)22-12-11-20(15-22)26-16-21-14-19-10-13-23(29(4,5)6)17-24(19)25(21)18-27(26)30(7,8)9;1-3-7-12(8-4-1)11-13-9-5-2-6-10-13;/h10,12-13,15,17-18H,11,14H2,1-9H3;1-10H;. The summed E-state index contributed by atoms with van der Waals surface area (Å²) in [6.45, 7) is 21.3. The van der Waals surface area contributed by atoms with Crippen LogP contribution in [0.4, 0.5) is 0 Å². The van der Waals surface area contributed by atoms with Gasteiger partial charge in [0.15, 0.2) is 0 Å². The molecule has 4 aromatic rings. The van der Waals surface area contributed by atoms with E-state index in [0.717, 1.165) is 12.8 Å². The Kier molecular flexibility index (Phi) is 8.12. The molecule has 4 aromatic carbocycles. The first kappa shape index (κ1) is 31.1. The summed E-state index contributed by atoms with van der Waals surface area (Å²) in [6.07, 6.45) is 7.10. The van der Waals surface area contributed by atoms with Crippen LogP contribution in [0.25, 0.3) is 16.7 Å². The zero-order valence-corrected chi connectivity index (χ0v) is 30.6. The van der Waals surface area contributed by atoms with E-state index < -0.39 is 22.8 Å². The van der Waals surface area contributed by atoms with Crippen molar-refractivity contribution in [2.75, 3.05) is 0 Å². The molecule has 0 fully saturated rings. The van der Waals surface area contributed by atoms with E-state index >= 15 is 0 Å². The molecule has 0 saturated heterocycles. The molecule has 2 aliphatic carbocycles. The molecule has 0 N–H and O–H groups in total. The third kappa shape index (κ3) is 6.02. The Bertz CT molecular complexity index is 1770. The molecule has 2 aliphatic rings. The van der Waals surface area contributed by atoms with Crippen LogP contribution in [0.1, 0.15) is 108 Å². The first-order chi connectivity index (χ1) is 20.7. The molecular formula is C43H47Zr. The second-order valence-electron chi connectivity index (χ2n) is 15.8. The summed E-state index contributed by atoms with van der Waals surface area (Å²) in [5.41, 5.74) is 16.6. The number of benzene rings is 4. The van der Waals surface area contributed by atoms with Gasteiger partial charge < -0.3 is 0 Å². The number of rotatable bonds is 4. The number of hydrogen-bond donors (Lipinski definition) is 0. The Morgan fingerprint density at radius 3 is 1.77 bits per heavy atom. The van der Waals surface area contributed by atoms with Gasteiger partial charge in [-0.2, -0.15) is 0 Å². The Hall–Kier alpha value is -2.89. The summed E-state index contributed by atoms with van der Waals surface area (Å²) in [4.78, 5) is 0. The molecule has 44 heavy (non-hydrogen) atoms. The number of allylic oxidation sites excluding steroid dienone is 4. The number of hydrogen-bond acceptors (Lipinski definition) is 0. The summed E-state index contributed by atoms with van der Waals surface area (Å²) in [5.74, 6) is 0. The SMILES string of the molecule is CC(C)(C)C1=CCC(c2c(C(C)(C)C)cc3c([c]2[Zr]=[C](c2ccccc2)c2ccccc2)Cc2ccc(C(C)(C)C)cc2-3)=C1. The van der Waals surface area contributed by atoms with Gasteiger partial charge in [-0.1, -0.05) is 0 Å². The quantitative estimate of drug-likeness (QED) is 0.181. The van der Waals surface area contributed by atoms with Crippen molar-refractivity contribution in [3.63, 3.8) is 0 Å². The van der Waals surface area contributed by atoms with E-state index in [2.05, 4.69) is 159 Å². The molecular weight excluding hydrogens is 608 g/mol. The van der Waals surface area contributed by atoms with Crippen LogP contribution in [0.2, 0.25) is 0 Å². The van der Waals surface area contributed by atoms with E-state index in [1.807, 2.05) is 0 Å². The average molecular weight is 655 g/mol. The summed E-state index contributed by atoms with van der Waals surface area (Å²) in [6, 6.07) is 32.3. The minimum atomic E-state index is -1.31. The van der Waals surface area contributed by atoms with E-state index in [0.29, 0.717) is 0 Å². The molecule has 0 unspecified atom stereocenters. The molecule has 223 valence electrons. The Labute approximate surface area is 277 Å². The summed E-state index contributed by atoms with van der Waals surface area (Å²) in [5, 5.41) is 0. The van der Waals surface area contributed by atoms with Gasteiger partial charge in [0.05, 0.1) is 0 Å². The van der Waals surface area contributed by atoms with Gasteiger partial charge in [-0.3, -0.25) is 0 Å². The van der Waals surface area contributed by atoms with E-state index in [4.69, 9.17) is 0 Å². The topological polar surface area (TPSA) is 0 Å².